The van der Waals surface area contributed by atoms with Crippen LogP contribution in [0.3, 0.4) is 0 Å². The summed E-state index contributed by atoms with van der Waals surface area (Å²) in [5, 5.41) is 3.30. The number of pyridine rings is 1. The van der Waals surface area contributed by atoms with E-state index in [1.54, 1.807) is 6.20 Å². The minimum absolute atomic E-state index is 0.114. The first kappa shape index (κ1) is 11.3. The number of hydrogen-bond acceptors (Lipinski definition) is 3. The molecule has 0 saturated carbocycles. The van der Waals surface area contributed by atoms with Gasteiger partial charge in [-0.2, -0.15) is 0 Å². The Morgan fingerprint density at radius 2 is 2.25 bits per heavy atom. The maximum Gasteiger partial charge on any atom is 0.145 e. The molecule has 0 amide bonds. The largest absolute Gasteiger partial charge is 0.487 e. The fraction of sp³-hybridized carbons (Fsp3) is 0.583. The number of ether oxygens (including phenoxy) is 1. The smallest absolute Gasteiger partial charge is 0.145 e. The monoisotopic (exact) mass is 224 g/mol. The predicted molar refractivity (Wildman–Crippen MR) is 59.8 cm³/mol. The first-order valence-corrected chi connectivity index (χ1v) is 5.64. The van der Waals surface area contributed by atoms with Crippen molar-refractivity contribution in [1.82, 2.24) is 10.3 Å². The van der Waals surface area contributed by atoms with Crippen LogP contribution in [-0.4, -0.2) is 24.2 Å². The van der Waals surface area contributed by atoms with Crippen LogP contribution in [0.2, 0.25) is 0 Å². The summed E-state index contributed by atoms with van der Waals surface area (Å²) in [5.74, 6) is 1.19. The van der Waals surface area contributed by atoms with Crippen LogP contribution in [0.15, 0.2) is 18.5 Å². The van der Waals surface area contributed by atoms with Crippen molar-refractivity contribution in [2.75, 3.05) is 13.1 Å². The lowest BCUT2D eigenvalue weighted by Crippen LogP contribution is -2.29. The summed E-state index contributed by atoms with van der Waals surface area (Å²) in [6, 6.07) is 1.38. The maximum absolute atomic E-state index is 12.9. The van der Waals surface area contributed by atoms with Gasteiger partial charge < -0.3 is 10.1 Å². The number of halogens is 1. The number of nitrogens with zero attached hydrogens (tertiary/aromatic N) is 1. The van der Waals surface area contributed by atoms with Crippen molar-refractivity contribution in [1.29, 1.82) is 0 Å². The number of nitrogens with one attached hydrogen (secondary N) is 1. The van der Waals surface area contributed by atoms with E-state index in [0.717, 1.165) is 13.1 Å². The molecule has 0 radical (unpaired) electrons. The van der Waals surface area contributed by atoms with Gasteiger partial charge in [0.2, 0.25) is 0 Å². The van der Waals surface area contributed by atoms with Gasteiger partial charge in [-0.3, -0.25) is 4.98 Å². The van der Waals surface area contributed by atoms with Crippen LogP contribution in [0.1, 0.15) is 13.8 Å². The molecular formula is C12H17FN2O. The molecule has 1 aliphatic rings. The highest BCUT2D eigenvalue weighted by molar-refractivity contribution is 5.17. The van der Waals surface area contributed by atoms with Crippen molar-refractivity contribution >= 4 is 0 Å². The second-order valence-corrected chi connectivity index (χ2v) is 4.56. The zero-order valence-corrected chi connectivity index (χ0v) is 9.61. The van der Waals surface area contributed by atoms with Gasteiger partial charge in [0.25, 0.3) is 0 Å². The Bertz CT molecular complexity index is 357. The third kappa shape index (κ3) is 2.50. The van der Waals surface area contributed by atoms with E-state index in [4.69, 9.17) is 4.74 Å². The van der Waals surface area contributed by atoms with Crippen LogP contribution >= 0.6 is 0 Å². The molecule has 1 N–H and O–H groups in total. The van der Waals surface area contributed by atoms with E-state index >= 15 is 0 Å². The van der Waals surface area contributed by atoms with Gasteiger partial charge in [0.05, 0.1) is 12.4 Å². The normalized spacial score (nSPS) is 25.0. The van der Waals surface area contributed by atoms with Crippen LogP contribution in [-0.2, 0) is 0 Å². The van der Waals surface area contributed by atoms with E-state index in [2.05, 4.69) is 24.1 Å². The summed E-state index contributed by atoms with van der Waals surface area (Å²) < 4.78 is 18.7. The first-order valence-electron chi connectivity index (χ1n) is 5.64. The zero-order valence-electron chi connectivity index (χ0n) is 9.61. The highest BCUT2D eigenvalue weighted by atomic mass is 19.1. The Morgan fingerprint density at radius 1 is 1.44 bits per heavy atom. The molecule has 2 rings (SSSR count). The van der Waals surface area contributed by atoms with Crippen molar-refractivity contribution < 1.29 is 9.13 Å². The second kappa shape index (κ2) is 4.78. The predicted octanol–water partition coefficient (Wildman–Crippen LogP) is 1.84. The molecule has 3 nitrogen and oxygen atoms in total. The fourth-order valence-electron chi connectivity index (χ4n) is 2.10. The quantitative estimate of drug-likeness (QED) is 0.850. The van der Waals surface area contributed by atoms with E-state index < -0.39 is 0 Å². The molecule has 2 heterocycles. The molecule has 1 fully saturated rings. The van der Waals surface area contributed by atoms with Gasteiger partial charge in [-0.1, -0.05) is 13.8 Å². The molecular weight excluding hydrogens is 207 g/mol. The summed E-state index contributed by atoms with van der Waals surface area (Å²) in [5.41, 5.74) is 0. The van der Waals surface area contributed by atoms with Crippen LogP contribution in [0.4, 0.5) is 4.39 Å². The Labute approximate surface area is 95.0 Å². The minimum Gasteiger partial charge on any atom is -0.487 e. The van der Waals surface area contributed by atoms with E-state index in [1.165, 1.54) is 12.3 Å². The number of rotatable bonds is 3. The molecule has 1 aliphatic heterocycles. The third-order valence-electron chi connectivity index (χ3n) is 3.03. The van der Waals surface area contributed by atoms with E-state index in [0.29, 0.717) is 17.6 Å². The summed E-state index contributed by atoms with van der Waals surface area (Å²) in [6.07, 6.45) is 2.85. The number of aromatic nitrogens is 1. The average Bonchev–Trinajstić information content (AvgIpc) is 2.66. The SMILES string of the molecule is CC(C)C1CNCC1Oc1cncc(F)c1. The van der Waals surface area contributed by atoms with Crippen molar-refractivity contribution in [3.8, 4) is 5.75 Å². The lowest BCUT2D eigenvalue weighted by Gasteiger charge is -2.22. The van der Waals surface area contributed by atoms with E-state index in [9.17, 15) is 4.39 Å². The van der Waals surface area contributed by atoms with Gasteiger partial charge in [-0.25, -0.2) is 4.39 Å². The van der Waals surface area contributed by atoms with Crippen LogP contribution in [0, 0.1) is 17.7 Å². The Kier molecular flexibility index (Phi) is 3.39. The topological polar surface area (TPSA) is 34.1 Å². The van der Waals surface area contributed by atoms with Gasteiger partial charge in [-0.05, 0) is 5.92 Å². The maximum atomic E-state index is 12.9. The molecule has 0 spiro atoms. The highest BCUT2D eigenvalue weighted by Gasteiger charge is 2.31. The first-order chi connectivity index (χ1) is 7.66. The molecule has 4 heteroatoms. The molecule has 2 atom stereocenters. The van der Waals surface area contributed by atoms with Gasteiger partial charge in [-0.15, -0.1) is 0 Å². The van der Waals surface area contributed by atoms with Crippen molar-refractivity contribution in [3.63, 3.8) is 0 Å². The lowest BCUT2D eigenvalue weighted by atomic mass is 9.93. The molecule has 2 unspecified atom stereocenters. The molecule has 0 aromatic carbocycles. The summed E-state index contributed by atoms with van der Waals surface area (Å²) in [6.45, 7) is 6.14. The minimum atomic E-state index is -0.357. The molecule has 0 bridgehead atoms. The van der Waals surface area contributed by atoms with Crippen molar-refractivity contribution in [2.45, 2.75) is 20.0 Å². The average molecular weight is 224 g/mol. The van der Waals surface area contributed by atoms with Crippen LogP contribution < -0.4 is 10.1 Å². The van der Waals surface area contributed by atoms with Crippen molar-refractivity contribution in [3.05, 3.63) is 24.3 Å². The highest BCUT2D eigenvalue weighted by Crippen LogP contribution is 2.23. The van der Waals surface area contributed by atoms with Crippen molar-refractivity contribution in [2.24, 2.45) is 11.8 Å². The molecule has 1 saturated heterocycles. The molecule has 88 valence electrons. The number of hydrogen-bond donors (Lipinski definition) is 1. The third-order valence-corrected chi connectivity index (χ3v) is 3.03. The summed E-state index contributed by atoms with van der Waals surface area (Å²) in [7, 11) is 0. The summed E-state index contributed by atoms with van der Waals surface area (Å²) in [4.78, 5) is 3.78. The Morgan fingerprint density at radius 3 is 2.94 bits per heavy atom. The molecule has 16 heavy (non-hydrogen) atoms. The second-order valence-electron chi connectivity index (χ2n) is 4.56. The Balaban J connectivity index is 2.04. The standard InChI is InChI=1S/C12H17FN2O/c1-8(2)11-6-15-7-12(11)16-10-3-9(13)4-14-5-10/h3-5,8,11-12,15H,6-7H2,1-2H3. The lowest BCUT2D eigenvalue weighted by molar-refractivity contribution is 0.146. The van der Waals surface area contributed by atoms with Crippen LogP contribution in [0.25, 0.3) is 0 Å². The van der Waals surface area contributed by atoms with E-state index in [1.807, 2.05) is 0 Å². The molecule has 0 aliphatic carbocycles. The molecule has 1 aromatic rings. The van der Waals surface area contributed by atoms with Gasteiger partial charge in [0.1, 0.15) is 17.7 Å². The van der Waals surface area contributed by atoms with E-state index in [-0.39, 0.29) is 11.9 Å². The van der Waals surface area contributed by atoms with Gasteiger partial charge in [0, 0.05) is 25.1 Å². The van der Waals surface area contributed by atoms with Gasteiger partial charge >= 0.3 is 0 Å². The van der Waals surface area contributed by atoms with Gasteiger partial charge in [0.15, 0.2) is 0 Å². The summed E-state index contributed by atoms with van der Waals surface area (Å²) >= 11 is 0. The fourth-order valence-corrected chi connectivity index (χ4v) is 2.10. The molecule has 1 aromatic heterocycles. The Hall–Kier alpha value is -1.16. The van der Waals surface area contributed by atoms with Crippen LogP contribution in [0.5, 0.6) is 5.75 Å². The zero-order chi connectivity index (χ0) is 11.5.